The first-order chi connectivity index (χ1) is 9.36. The lowest BCUT2D eigenvalue weighted by atomic mass is 10.2. The second kappa shape index (κ2) is 12.7. The molecule has 0 atom stereocenters. The van der Waals surface area contributed by atoms with Crippen molar-refractivity contribution in [2.75, 3.05) is 14.2 Å². The van der Waals surface area contributed by atoms with E-state index in [2.05, 4.69) is 16.9 Å². The van der Waals surface area contributed by atoms with Crippen molar-refractivity contribution in [3.63, 3.8) is 0 Å². The quantitative estimate of drug-likeness (QED) is 0.805. The van der Waals surface area contributed by atoms with Gasteiger partial charge in [0.05, 0.1) is 0 Å². The first-order valence-electron chi connectivity index (χ1n) is 6.48. The van der Waals surface area contributed by atoms with E-state index in [4.69, 9.17) is 4.74 Å². The summed E-state index contributed by atoms with van der Waals surface area (Å²) in [7, 11) is 3.25. The van der Waals surface area contributed by atoms with Crippen LogP contribution in [0.3, 0.4) is 0 Å². The summed E-state index contributed by atoms with van der Waals surface area (Å²) in [6.07, 6.45) is 0. The molecule has 2 heteroatoms. The minimum absolute atomic E-state index is 0.630. The molecule has 2 rings (SSSR count). The molecule has 0 aliphatic rings. The van der Waals surface area contributed by atoms with Crippen LogP contribution in [0.1, 0.15) is 19.4 Å². The van der Waals surface area contributed by atoms with Gasteiger partial charge in [-0.2, -0.15) is 0 Å². The molecule has 0 aliphatic heterocycles. The Morgan fingerprint density at radius 2 is 1.16 bits per heavy atom. The second-order valence-corrected chi connectivity index (χ2v) is 3.50. The van der Waals surface area contributed by atoms with Gasteiger partial charge in [-0.3, -0.25) is 0 Å². The van der Waals surface area contributed by atoms with Crippen molar-refractivity contribution >= 4 is 0 Å². The highest BCUT2D eigenvalue weighted by atomic mass is 16.5. The maximum Gasteiger partial charge on any atom is 0.119 e. The van der Waals surface area contributed by atoms with Crippen LogP contribution in [0, 0.1) is 0 Å². The molecule has 2 aromatic rings. The number of ether oxygens (including phenoxy) is 2. The van der Waals surface area contributed by atoms with Gasteiger partial charge in [0.15, 0.2) is 0 Å². The van der Waals surface area contributed by atoms with E-state index in [1.165, 1.54) is 5.56 Å². The van der Waals surface area contributed by atoms with Crippen LogP contribution in [0.5, 0.6) is 5.75 Å². The molecule has 0 saturated heterocycles. The number of rotatable bonds is 3. The lowest BCUT2D eigenvalue weighted by Gasteiger charge is -2.05. The number of methoxy groups -OCH3 is 1. The van der Waals surface area contributed by atoms with Gasteiger partial charge >= 0.3 is 0 Å². The van der Waals surface area contributed by atoms with Gasteiger partial charge in [-0.15, -0.1) is 0 Å². The summed E-state index contributed by atoms with van der Waals surface area (Å²) in [6.45, 7) is 4.63. The molecular weight excluding hydrogens is 236 g/mol. The molecule has 0 aliphatic carbocycles. The van der Waals surface area contributed by atoms with E-state index in [9.17, 15) is 0 Å². The summed E-state index contributed by atoms with van der Waals surface area (Å²) in [5.41, 5.74) is 1.19. The zero-order chi connectivity index (χ0) is 14.3. The van der Waals surface area contributed by atoms with E-state index in [-0.39, 0.29) is 0 Å². The summed E-state index contributed by atoms with van der Waals surface area (Å²) >= 11 is 0. The Morgan fingerprint density at radius 3 is 1.63 bits per heavy atom. The zero-order valence-electron chi connectivity index (χ0n) is 12.3. The van der Waals surface area contributed by atoms with Crippen LogP contribution in [0.15, 0.2) is 60.7 Å². The van der Waals surface area contributed by atoms with Crippen LogP contribution >= 0.6 is 0 Å². The van der Waals surface area contributed by atoms with E-state index in [0.717, 1.165) is 5.75 Å². The Balaban J connectivity index is 0.000000573. The molecule has 0 amide bonds. The van der Waals surface area contributed by atoms with E-state index >= 15 is 0 Å². The molecule has 0 heterocycles. The molecule has 104 valence electrons. The third kappa shape index (κ3) is 8.86. The SMILES string of the molecule is CC.COC.c1ccc(COc2ccccc2)cc1. The average molecular weight is 260 g/mol. The highest BCUT2D eigenvalue weighted by molar-refractivity contribution is 5.22. The topological polar surface area (TPSA) is 18.5 Å². The normalized spacial score (nSPS) is 8.42. The minimum atomic E-state index is 0.630. The van der Waals surface area contributed by atoms with E-state index in [1.54, 1.807) is 14.2 Å². The Hall–Kier alpha value is -1.80. The molecule has 0 N–H and O–H groups in total. The second-order valence-electron chi connectivity index (χ2n) is 3.50. The summed E-state index contributed by atoms with van der Waals surface area (Å²) in [6, 6.07) is 20.0. The van der Waals surface area contributed by atoms with E-state index < -0.39 is 0 Å². The van der Waals surface area contributed by atoms with E-state index in [1.807, 2.05) is 62.4 Å². The zero-order valence-corrected chi connectivity index (χ0v) is 12.3. The molecule has 19 heavy (non-hydrogen) atoms. The number of hydrogen-bond donors (Lipinski definition) is 0. The fourth-order valence-electron chi connectivity index (χ4n) is 1.26. The molecule has 0 aromatic heterocycles. The van der Waals surface area contributed by atoms with E-state index in [0.29, 0.717) is 6.61 Å². The van der Waals surface area contributed by atoms with Gasteiger partial charge in [-0.25, -0.2) is 0 Å². The van der Waals surface area contributed by atoms with Gasteiger partial charge in [0.1, 0.15) is 12.4 Å². The molecule has 0 unspecified atom stereocenters. The predicted molar refractivity (Wildman–Crippen MR) is 81.5 cm³/mol. The van der Waals surface area contributed by atoms with Crippen molar-refractivity contribution in [1.82, 2.24) is 0 Å². The smallest absolute Gasteiger partial charge is 0.119 e. The van der Waals surface area contributed by atoms with Crippen molar-refractivity contribution in [2.45, 2.75) is 20.5 Å². The molecule has 0 bridgehead atoms. The average Bonchev–Trinajstić information content (AvgIpc) is 2.50. The van der Waals surface area contributed by atoms with Crippen molar-refractivity contribution in [2.24, 2.45) is 0 Å². The lowest BCUT2D eigenvalue weighted by molar-refractivity contribution is 0.277. The standard InChI is InChI=1S/C13H12O.C2H6O.C2H6/c1-3-7-12(8-4-1)11-14-13-9-5-2-6-10-13;1-3-2;1-2/h1-10H,11H2;1-2H3;1-2H3. The third-order valence-corrected chi connectivity index (χ3v) is 1.99. The highest BCUT2D eigenvalue weighted by Crippen LogP contribution is 2.10. The van der Waals surface area contributed by atoms with Crippen molar-refractivity contribution in [3.05, 3.63) is 66.2 Å². The van der Waals surface area contributed by atoms with Crippen LogP contribution in [0.4, 0.5) is 0 Å². The first kappa shape index (κ1) is 17.2. The van der Waals surface area contributed by atoms with Crippen LogP contribution in [-0.2, 0) is 11.3 Å². The monoisotopic (exact) mass is 260 g/mol. The Bertz CT molecular complexity index is 345. The highest BCUT2D eigenvalue weighted by Gasteiger charge is 1.92. The van der Waals surface area contributed by atoms with Crippen LogP contribution in [0.2, 0.25) is 0 Å². The molecule has 2 nitrogen and oxygen atoms in total. The molecule has 0 radical (unpaired) electrons. The maximum atomic E-state index is 5.59. The summed E-state index contributed by atoms with van der Waals surface area (Å²) in [5, 5.41) is 0. The number of para-hydroxylation sites is 1. The van der Waals surface area contributed by atoms with Gasteiger partial charge < -0.3 is 9.47 Å². The summed E-state index contributed by atoms with van der Waals surface area (Å²) in [4.78, 5) is 0. The fraction of sp³-hybridized carbons (Fsp3) is 0.294. The van der Waals surface area contributed by atoms with Crippen molar-refractivity contribution in [1.29, 1.82) is 0 Å². The molecule has 2 aromatic carbocycles. The fourth-order valence-corrected chi connectivity index (χ4v) is 1.26. The number of benzene rings is 2. The van der Waals surface area contributed by atoms with Gasteiger partial charge in [0.25, 0.3) is 0 Å². The largest absolute Gasteiger partial charge is 0.489 e. The Labute approximate surface area is 117 Å². The lowest BCUT2D eigenvalue weighted by Crippen LogP contribution is -1.94. The Morgan fingerprint density at radius 1 is 0.737 bits per heavy atom. The van der Waals surface area contributed by atoms with Gasteiger partial charge in [-0.05, 0) is 17.7 Å². The molecular formula is C17H24O2. The summed E-state index contributed by atoms with van der Waals surface area (Å²) in [5.74, 6) is 0.913. The Kier molecular flexibility index (Phi) is 11.5. The van der Waals surface area contributed by atoms with Gasteiger partial charge in [0.2, 0.25) is 0 Å². The maximum absolute atomic E-state index is 5.59. The molecule has 0 spiro atoms. The third-order valence-electron chi connectivity index (χ3n) is 1.99. The summed E-state index contributed by atoms with van der Waals surface area (Å²) < 4.78 is 9.84. The van der Waals surface area contributed by atoms with Crippen molar-refractivity contribution in [3.8, 4) is 5.75 Å². The van der Waals surface area contributed by atoms with Crippen LogP contribution in [0.25, 0.3) is 0 Å². The van der Waals surface area contributed by atoms with Gasteiger partial charge in [0, 0.05) is 14.2 Å². The van der Waals surface area contributed by atoms with Crippen LogP contribution in [-0.4, -0.2) is 14.2 Å². The predicted octanol–water partition coefficient (Wildman–Crippen LogP) is 4.55. The first-order valence-corrected chi connectivity index (χ1v) is 6.48. The number of hydrogen-bond acceptors (Lipinski definition) is 2. The molecule has 0 saturated carbocycles. The minimum Gasteiger partial charge on any atom is -0.489 e. The van der Waals surface area contributed by atoms with Gasteiger partial charge in [-0.1, -0.05) is 62.4 Å². The molecule has 0 fully saturated rings. The van der Waals surface area contributed by atoms with Crippen LogP contribution < -0.4 is 4.74 Å². The van der Waals surface area contributed by atoms with Crippen molar-refractivity contribution < 1.29 is 9.47 Å².